The first-order valence-corrected chi connectivity index (χ1v) is 7.02. The molecule has 0 fully saturated rings. The molecule has 0 spiro atoms. The van der Waals surface area contributed by atoms with Crippen molar-refractivity contribution in [3.63, 3.8) is 0 Å². The van der Waals surface area contributed by atoms with Crippen LogP contribution in [0.3, 0.4) is 0 Å². The van der Waals surface area contributed by atoms with Gasteiger partial charge in [-0.05, 0) is 42.2 Å². The average molecular weight is 253 g/mol. The first kappa shape index (κ1) is 15.1. The molecule has 1 aromatic rings. The topological polar surface area (TPSA) is 55.6 Å². The van der Waals surface area contributed by atoms with E-state index in [1.807, 2.05) is 4.68 Å². The number of nitrogens with zero attached hydrogens (tertiary/aromatic N) is 4. The summed E-state index contributed by atoms with van der Waals surface area (Å²) in [6.45, 7) is 12.8. The van der Waals surface area contributed by atoms with Gasteiger partial charge < -0.3 is 5.32 Å². The van der Waals surface area contributed by atoms with E-state index in [-0.39, 0.29) is 0 Å². The third-order valence-electron chi connectivity index (χ3n) is 3.25. The second-order valence-electron chi connectivity index (χ2n) is 5.66. The molecule has 0 aliphatic carbocycles. The Kier molecular flexibility index (Phi) is 6.25. The van der Waals surface area contributed by atoms with Gasteiger partial charge in [0.1, 0.15) is 0 Å². The van der Waals surface area contributed by atoms with E-state index in [1.165, 1.54) is 6.42 Å². The molecule has 1 N–H and O–H groups in total. The summed E-state index contributed by atoms with van der Waals surface area (Å²) < 4.78 is 1.96. The second kappa shape index (κ2) is 7.46. The largest absolute Gasteiger partial charge is 0.310 e. The Bertz CT molecular complexity index is 334. The molecule has 1 heterocycles. The lowest BCUT2D eigenvalue weighted by molar-refractivity contribution is 0.357. The Morgan fingerprint density at radius 3 is 2.56 bits per heavy atom. The van der Waals surface area contributed by atoms with E-state index in [9.17, 15) is 0 Å². The van der Waals surface area contributed by atoms with Crippen molar-refractivity contribution in [3.8, 4) is 0 Å². The summed E-state index contributed by atoms with van der Waals surface area (Å²) in [5.41, 5.74) is 0. The summed E-state index contributed by atoms with van der Waals surface area (Å²) in [6.07, 6.45) is 2.33. The van der Waals surface area contributed by atoms with Gasteiger partial charge in [0.15, 0.2) is 5.82 Å². The molecule has 0 aliphatic heterocycles. The quantitative estimate of drug-likeness (QED) is 0.773. The predicted molar refractivity (Wildman–Crippen MR) is 73.1 cm³/mol. The summed E-state index contributed by atoms with van der Waals surface area (Å²) in [7, 11) is 0. The van der Waals surface area contributed by atoms with Gasteiger partial charge in [0.2, 0.25) is 0 Å². The molecule has 0 saturated heterocycles. The van der Waals surface area contributed by atoms with Crippen LogP contribution in [0.2, 0.25) is 0 Å². The molecule has 1 aromatic heterocycles. The van der Waals surface area contributed by atoms with Crippen molar-refractivity contribution in [1.29, 1.82) is 0 Å². The zero-order valence-electron chi connectivity index (χ0n) is 12.3. The van der Waals surface area contributed by atoms with E-state index in [2.05, 4.69) is 55.5 Å². The molecular weight excluding hydrogens is 226 g/mol. The van der Waals surface area contributed by atoms with Gasteiger partial charge >= 0.3 is 0 Å². The van der Waals surface area contributed by atoms with Crippen molar-refractivity contribution in [3.05, 3.63) is 5.82 Å². The first-order valence-electron chi connectivity index (χ1n) is 7.02. The number of rotatable bonds is 8. The fraction of sp³-hybridized carbons (Fsp3) is 0.923. The SMILES string of the molecule is CCC(C)CC(C)n1nnnc1CNCC(C)C. The Balaban J connectivity index is 2.53. The molecule has 0 saturated carbocycles. The van der Waals surface area contributed by atoms with Gasteiger partial charge in [-0.2, -0.15) is 0 Å². The maximum Gasteiger partial charge on any atom is 0.165 e. The van der Waals surface area contributed by atoms with Crippen LogP contribution in [-0.4, -0.2) is 26.8 Å². The molecule has 1 rings (SSSR count). The number of nitrogens with one attached hydrogen (secondary N) is 1. The molecule has 5 nitrogen and oxygen atoms in total. The number of aromatic nitrogens is 4. The van der Waals surface area contributed by atoms with Crippen LogP contribution in [0.1, 0.15) is 59.3 Å². The van der Waals surface area contributed by atoms with Gasteiger partial charge in [-0.25, -0.2) is 4.68 Å². The highest BCUT2D eigenvalue weighted by Gasteiger charge is 2.14. The van der Waals surface area contributed by atoms with Crippen molar-refractivity contribution in [1.82, 2.24) is 25.5 Å². The molecule has 0 aliphatic rings. The third kappa shape index (κ3) is 4.72. The van der Waals surface area contributed by atoms with E-state index in [0.717, 1.165) is 25.3 Å². The lowest BCUT2D eigenvalue weighted by Gasteiger charge is -2.17. The zero-order valence-corrected chi connectivity index (χ0v) is 12.3. The van der Waals surface area contributed by atoms with Crippen LogP contribution in [0.5, 0.6) is 0 Å². The Morgan fingerprint density at radius 2 is 1.94 bits per heavy atom. The first-order chi connectivity index (χ1) is 8.54. The average Bonchev–Trinajstić information content (AvgIpc) is 2.76. The summed E-state index contributed by atoms with van der Waals surface area (Å²) in [4.78, 5) is 0. The van der Waals surface area contributed by atoms with Crippen LogP contribution in [0, 0.1) is 11.8 Å². The van der Waals surface area contributed by atoms with Crippen molar-refractivity contribution < 1.29 is 0 Å². The lowest BCUT2D eigenvalue weighted by Crippen LogP contribution is -2.23. The third-order valence-corrected chi connectivity index (χ3v) is 3.25. The van der Waals surface area contributed by atoms with Gasteiger partial charge in [-0.1, -0.05) is 34.1 Å². The summed E-state index contributed by atoms with van der Waals surface area (Å²) >= 11 is 0. The van der Waals surface area contributed by atoms with E-state index < -0.39 is 0 Å². The molecule has 104 valence electrons. The molecular formula is C13H27N5. The molecule has 2 unspecified atom stereocenters. The highest BCUT2D eigenvalue weighted by Crippen LogP contribution is 2.19. The highest BCUT2D eigenvalue weighted by molar-refractivity contribution is 4.83. The van der Waals surface area contributed by atoms with Crippen molar-refractivity contribution in [2.75, 3.05) is 6.54 Å². The van der Waals surface area contributed by atoms with Crippen LogP contribution in [0.25, 0.3) is 0 Å². The fourth-order valence-corrected chi connectivity index (χ4v) is 1.99. The summed E-state index contributed by atoms with van der Waals surface area (Å²) in [6, 6.07) is 0.366. The van der Waals surface area contributed by atoms with Crippen LogP contribution < -0.4 is 5.32 Å². The molecule has 2 atom stereocenters. The predicted octanol–water partition coefficient (Wildman–Crippen LogP) is 2.42. The van der Waals surface area contributed by atoms with Gasteiger partial charge in [0, 0.05) is 0 Å². The van der Waals surface area contributed by atoms with Crippen molar-refractivity contribution >= 4 is 0 Å². The minimum atomic E-state index is 0.366. The van der Waals surface area contributed by atoms with Gasteiger partial charge in [-0.3, -0.25) is 0 Å². The summed E-state index contributed by atoms with van der Waals surface area (Å²) in [5.74, 6) is 2.29. The smallest absolute Gasteiger partial charge is 0.165 e. The Morgan fingerprint density at radius 1 is 1.22 bits per heavy atom. The number of tetrazole rings is 1. The van der Waals surface area contributed by atoms with Crippen LogP contribution in [0.15, 0.2) is 0 Å². The van der Waals surface area contributed by atoms with Gasteiger partial charge in [0.05, 0.1) is 12.6 Å². The van der Waals surface area contributed by atoms with E-state index in [4.69, 9.17) is 0 Å². The zero-order chi connectivity index (χ0) is 13.5. The standard InChI is InChI=1S/C13H27N5/c1-6-11(4)7-12(5)18-13(15-16-17-18)9-14-8-10(2)3/h10-12,14H,6-9H2,1-5H3. The molecule has 18 heavy (non-hydrogen) atoms. The molecule has 5 heteroatoms. The van der Waals surface area contributed by atoms with E-state index in [1.54, 1.807) is 0 Å². The maximum absolute atomic E-state index is 4.12. The summed E-state index contributed by atoms with van der Waals surface area (Å²) in [5, 5.41) is 15.4. The molecule has 0 aromatic carbocycles. The van der Waals surface area contributed by atoms with E-state index in [0.29, 0.717) is 17.9 Å². The Hall–Kier alpha value is -0.970. The maximum atomic E-state index is 4.12. The monoisotopic (exact) mass is 253 g/mol. The van der Waals surface area contributed by atoms with Gasteiger partial charge in [-0.15, -0.1) is 5.10 Å². The van der Waals surface area contributed by atoms with Gasteiger partial charge in [0.25, 0.3) is 0 Å². The highest BCUT2D eigenvalue weighted by atomic mass is 15.6. The Labute approximate surface area is 110 Å². The number of hydrogen-bond acceptors (Lipinski definition) is 4. The normalized spacial score (nSPS) is 15.0. The van der Waals surface area contributed by atoms with Crippen LogP contribution in [-0.2, 0) is 6.54 Å². The lowest BCUT2D eigenvalue weighted by atomic mass is 10.0. The minimum absolute atomic E-state index is 0.366. The van der Waals surface area contributed by atoms with Crippen LogP contribution >= 0.6 is 0 Å². The number of hydrogen-bond donors (Lipinski definition) is 1. The molecule has 0 radical (unpaired) electrons. The second-order valence-corrected chi connectivity index (χ2v) is 5.66. The van der Waals surface area contributed by atoms with Crippen LogP contribution in [0.4, 0.5) is 0 Å². The minimum Gasteiger partial charge on any atom is -0.310 e. The molecule has 0 bridgehead atoms. The van der Waals surface area contributed by atoms with E-state index >= 15 is 0 Å². The fourth-order valence-electron chi connectivity index (χ4n) is 1.99. The van der Waals surface area contributed by atoms with Crippen molar-refractivity contribution in [2.45, 2.75) is 60.0 Å². The van der Waals surface area contributed by atoms with Crippen molar-refractivity contribution in [2.24, 2.45) is 11.8 Å². The molecule has 0 amide bonds.